The van der Waals surface area contributed by atoms with Crippen LogP contribution in [0.4, 0.5) is 4.39 Å². The van der Waals surface area contributed by atoms with Gasteiger partial charge in [-0.2, -0.15) is 0 Å². The van der Waals surface area contributed by atoms with Crippen LogP contribution in [0, 0.1) is 0 Å². The fourth-order valence-electron chi connectivity index (χ4n) is 2.01. The summed E-state index contributed by atoms with van der Waals surface area (Å²) in [6.07, 6.45) is 1.18. The second-order valence-corrected chi connectivity index (χ2v) is 3.69. The maximum atomic E-state index is 13.0. The zero-order valence-electron chi connectivity index (χ0n) is 7.73. The van der Waals surface area contributed by atoms with E-state index in [1.807, 2.05) is 0 Å². The number of nitrogens with zero attached hydrogens (tertiary/aromatic N) is 1. The van der Waals surface area contributed by atoms with Crippen LogP contribution in [0.15, 0.2) is 0 Å². The third kappa shape index (κ3) is 1.56. The Morgan fingerprint density at radius 2 is 2.18 bits per heavy atom. The first-order valence-electron chi connectivity index (χ1n) is 4.51. The lowest BCUT2D eigenvalue weighted by molar-refractivity contribution is 0.159. The van der Waals surface area contributed by atoms with E-state index in [2.05, 4.69) is 25.7 Å². The molecule has 0 aromatic heterocycles. The van der Waals surface area contributed by atoms with E-state index in [0.29, 0.717) is 6.54 Å². The lowest BCUT2D eigenvalue weighted by Gasteiger charge is -2.32. The predicted octanol–water partition coefficient (Wildman–Crippen LogP) is 2.22. The van der Waals surface area contributed by atoms with Gasteiger partial charge in [-0.3, -0.25) is 4.90 Å². The average Bonchev–Trinajstić information content (AvgIpc) is 2.27. The third-order valence-electron chi connectivity index (χ3n) is 2.99. The predicted molar refractivity (Wildman–Crippen MR) is 45.5 cm³/mol. The number of rotatable bonds is 2. The molecule has 0 bridgehead atoms. The second kappa shape index (κ2) is 3.10. The molecule has 0 spiro atoms. The Hall–Kier alpha value is -0.110. The molecule has 0 aromatic rings. The zero-order valence-corrected chi connectivity index (χ0v) is 7.73. The minimum Gasteiger partial charge on any atom is -0.295 e. The van der Waals surface area contributed by atoms with E-state index in [1.165, 1.54) is 0 Å². The maximum Gasteiger partial charge on any atom is 0.115 e. The van der Waals surface area contributed by atoms with Gasteiger partial charge in [0.2, 0.25) is 0 Å². The number of hydrogen-bond acceptors (Lipinski definition) is 1. The molecule has 2 unspecified atom stereocenters. The molecule has 2 heteroatoms. The van der Waals surface area contributed by atoms with Gasteiger partial charge in [-0.05, 0) is 26.3 Å². The van der Waals surface area contributed by atoms with Gasteiger partial charge in [0.05, 0.1) is 0 Å². The molecule has 0 amide bonds. The molecular weight excluding hydrogens is 141 g/mol. The summed E-state index contributed by atoms with van der Waals surface area (Å²) in [6.45, 7) is 8.02. The van der Waals surface area contributed by atoms with Gasteiger partial charge in [0, 0.05) is 12.1 Å². The maximum absolute atomic E-state index is 13.0. The second-order valence-electron chi connectivity index (χ2n) is 3.69. The lowest BCUT2D eigenvalue weighted by atomic mass is 9.95. The molecule has 0 aromatic carbocycles. The highest BCUT2D eigenvalue weighted by atomic mass is 19.1. The van der Waals surface area contributed by atoms with Crippen LogP contribution in [0.5, 0.6) is 0 Å². The van der Waals surface area contributed by atoms with Crippen LogP contribution < -0.4 is 0 Å². The Balaban J connectivity index is 2.63. The summed E-state index contributed by atoms with van der Waals surface area (Å²) >= 11 is 0. The first kappa shape index (κ1) is 8.98. The van der Waals surface area contributed by atoms with E-state index in [4.69, 9.17) is 0 Å². The standard InChI is InChI=1S/C9H18FN/c1-4-9(3)6-8(10)7-11(9)5-2/h8H,4-7H2,1-3H3. The average molecular weight is 159 g/mol. The van der Waals surface area contributed by atoms with Crippen molar-refractivity contribution in [1.29, 1.82) is 0 Å². The van der Waals surface area contributed by atoms with Gasteiger partial charge in [-0.15, -0.1) is 0 Å². The van der Waals surface area contributed by atoms with Gasteiger partial charge in [0.25, 0.3) is 0 Å². The minimum atomic E-state index is -0.597. The minimum absolute atomic E-state index is 0.133. The molecular formula is C9H18FN. The van der Waals surface area contributed by atoms with Crippen molar-refractivity contribution >= 4 is 0 Å². The summed E-state index contributed by atoms with van der Waals surface area (Å²) in [5, 5.41) is 0. The SMILES string of the molecule is CCN1CC(F)CC1(C)CC. The molecule has 1 saturated heterocycles. The first-order valence-corrected chi connectivity index (χ1v) is 4.51. The van der Waals surface area contributed by atoms with E-state index >= 15 is 0 Å². The van der Waals surface area contributed by atoms with Crippen molar-refractivity contribution in [3.63, 3.8) is 0 Å². The number of hydrogen-bond donors (Lipinski definition) is 0. The highest BCUT2D eigenvalue weighted by Crippen LogP contribution is 2.32. The number of likely N-dealkylation sites (tertiary alicyclic amines) is 1. The highest BCUT2D eigenvalue weighted by molar-refractivity contribution is 4.94. The molecule has 1 aliphatic rings. The van der Waals surface area contributed by atoms with Crippen LogP contribution in [-0.2, 0) is 0 Å². The van der Waals surface area contributed by atoms with Crippen LogP contribution in [0.3, 0.4) is 0 Å². The Morgan fingerprint density at radius 3 is 2.55 bits per heavy atom. The van der Waals surface area contributed by atoms with Crippen LogP contribution in [0.2, 0.25) is 0 Å². The molecule has 0 aliphatic carbocycles. The molecule has 1 heterocycles. The molecule has 1 rings (SSSR count). The first-order chi connectivity index (χ1) is 5.12. The molecule has 2 atom stereocenters. The van der Waals surface area contributed by atoms with Gasteiger partial charge in [0.15, 0.2) is 0 Å². The lowest BCUT2D eigenvalue weighted by Crippen LogP contribution is -2.40. The fraction of sp³-hybridized carbons (Fsp3) is 1.00. The van der Waals surface area contributed by atoms with E-state index in [9.17, 15) is 4.39 Å². The van der Waals surface area contributed by atoms with Gasteiger partial charge in [-0.25, -0.2) is 4.39 Å². The Kier molecular flexibility index (Phi) is 2.53. The van der Waals surface area contributed by atoms with Crippen LogP contribution in [0.25, 0.3) is 0 Å². The van der Waals surface area contributed by atoms with Crippen molar-refractivity contribution in [2.45, 2.75) is 45.3 Å². The van der Waals surface area contributed by atoms with E-state index in [1.54, 1.807) is 0 Å². The van der Waals surface area contributed by atoms with Crippen molar-refractivity contribution in [2.24, 2.45) is 0 Å². The van der Waals surface area contributed by atoms with Gasteiger partial charge in [-0.1, -0.05) is 13.8 Å². The van der Waals surface area contributed by atoms with E-state index < -0.39 is 6.17 Å². The van der Waals surface area contributed by atoms with Crippen LogP contribution >= 0.6 is 0 Å². The highest BCUT2D eigenvalue weighted by Gasteiger charge is 2.39. The van der Waals surface area contributed by atoms with Gasteiger partial charge in [0.1, 0.15) is 6.17 Å². The van der Waals surface area contributed by atoms with Crippen molar-refractivity contribution in [3.8, 4) is 0 Å². The van der Waals surface area contributed by atoms with Gasteiger partial charge >= 0.3 is 0 Å². The third-order valence-corrected chi connectivity index (χ3v) is 2.99. The molecule has 1 nitrogen and oxygen atoms in total. The van der Waals surface area contributed by atoms with Crippen molar-refractivity contribution in [1.82, 2.24) is 4.90 Å². The summed E-state index contributed by atoms with van der Waals surface area (Å²) in [5.74, 6) is 0. The summed E-state index contributed by atoms with van der Waals surface area (Å²) < 4.78 is 13.0. The molecule has 1 fully saturated rings. The molecule has 0 saturated carbocycles. The van der Waals surface area contributed by atoms with E-state index in [0.717, 1.165) is 19.4 Å². The van der Waals surface area contributed by atoms with Crippen LogP contribution in [0.1, 0.15) is 33.6 Å². The summed E-state index contributed by atoms with van der Waals surface area (Å²) in [7, 11) is 0. The smallest absolute Gasteiger partial charge is 0.115 e. The molecule has 0 N–H and O–H groups in total. The van der Waals surface area contributed by atoms with Crippen molar-refractivity contribution in [3.05, 3.63) is 0 Å². The number of halogens is 1. The largest absolute Gasteiger partial charge is 0.295 e. The quantitative estimate of drug-likeness (QED) is 0.597. The fourth-order valence-corrected chi connectivity index (χ4v) is 2.01. The summed E-state index contributed by atoms with van der Waals surface area (Å²) in [5.41, 5.74) is 0.133. The Labute approximate surface area is 68.6 Å². The van der Waals surface area contributed by atoms with E-state index in [-0.39, 0.29) is 5.54 Å². The summed E-state index contributed by atoms with van der Waals surface area (Å²) in [6, 6.07) is 0. The van der Waals surface area contributed by atoms with Crippen molar-refractivity contribution in [2.75, 3.05) is 13.1 Å². The molecule has 0 radical (unpaired) electrons. The Morgan fingerprint density at radius 1 is 1.55 bits per heavy atom. The topological polar surface area (TPSA) is 3.24 Å². The molecule has 66 valence electrons. The number of alkyl halides is 1. The normalized spacial score (nSPS) is 39.8. The molecule has 1 aliphatic heterocycles. The van der Waals surface area contributed by atoms with Crippen molar-refractivity contribution < 1.29 is 4.39 Å². The van der Waals surface area contributed by atoms with Crippen LogP contribution in [-0.4, -0.2) is 29.7 Å². The Bertz CT molecular complexity index is 138. The zero-order chi connectivity index (χ0) is 8.48. The monoisotopic (exact) mass is 159 g/mol. The van der Waals surface area contributed by atoms with Gasteiger partial charge < -0.3 is 0 Å². The summed E-state index contributed by atoms with van der Waals surface area (Å²) in [4.78, 5) is 2.25. The molecule has 11 heavy (non-hydrogen) atoms.